The summed E-state index contributed by atoms with van der Waals surface area (Å²) in [6.07, 6.45) is 2.01. The monoisotopic (exact) mass is 267 g/mol. The number of nitriles is 2. The van der Waals surface area contributed by atoms with E-state index in [1.165, 1.54) is 0 Å². The van der Waals surface area contributed by atoms with Gasteiger partial charge in [0.25, 0.3) is 0 Å². The van der Waals surface area contributed by atoms with E-state index in [4.69, 9.17) is 5.26 Å². The number of aromatic nitrogens is 1. The van der Waals surface area contributed by atoms with E-state index in [2.05, 4.69) is 17.1 Å². The first-order chi connectivity index (χ1) is 9.21. The Labute approximate surface area is 116 Å². The highest BCUT2D eigenvalue weighted by molar-refractivity contribution is 7.97. The summed E-state index contributed by atoms with van der Waals surface area (Å²) in [5, 5.41) is 18.2. The maximum Gasteiger partial charge on any atom is 0.102 e. The second-order valence-electron chi connectivity index (χ2n) is 4.21. The van der Waals surface area contributed by atoms with Crippen LogP contribution in [0.2, 0.25) is 0 Å². The Balaban J connectivity index is 2.55. The first-order valence-corrected chi connectivity index (χ1v) is 7.21. The molecule has 0 aliphatic rings. The molecule has 0 amide bonds. The van der Waals surface area contributed by atoms with Gasteiger partial charge in [0.1, 0.15) is 6.07 Å². The lowest BCUT2D eigenvalue weighted by Crippen LogP contribution is -1.86. The van der Waals surface area contributed by atoms with Crippen molar-refractivity contribution in [2.75, 3.05) is 6.26 Å². The second kappa shape index (κ2) is 5.65. The summed E-state index contributed by atoms with van der Waals surface area (Å²) < 4.78 is 0. The molecular formula is C15H13N3S. The molecular weight excluding hydrogens is 254 g/mol. The highest BCUT2D eigenvalue weighted by atomic mass is 32.2. The van der Waals surface area contributed by atoms with Crippen LogP contribution in [0.15, 0.2) is 24.3 Å². The van der Waals surface area contributed by atoms with Gasteiger partial charge in [0, 0.05) is 22.7 Å². The molecule has 2 rings (SSSR count). The number of H-pyrrole nitrogens is 1. The van der Waals surface area contributed by atoms with Crippen molar-refractivity contribution >= 4 is 11.8 Å². The number of hydrogen-bond acceptors (Lipinski definition) is 3. The zero-order valence-electron chi connectivity index (χ0n) is 10.8. The number of hydrogen-bond donors (Lipinski definition) is 1. The van der Waals surface area contributed by atoms with E-state index in [0.29, 0.717) is 11.1 Å². The lowest BCUT2D eigenvalue weighted by molar-refractivity contribution is 1.17. The number of nitrogens with one attached hydrogen (secondary N) is 1. The molecule has 0 saturated heterocycles. The molecule has 4 heteroatoms. The first-order valence-electron chi connectivity index (χ1n) is 5.82. The number of thioether (sulfide) groups is 1. The van der Waals surface area contributed by atoms with Gasteiger partial charge in [-0.2, -0.15) is 22.3 Å². The Hall–Kier alpha value is -2.17. The van der Waals surface area contributed by atoms with E-state index in [0.717, 1.165) is 28.3 Å². The second-order valence-corrected chi connectivity index (χ2v) is 5.08. The van der Waals surface area contributed by atoms with Gasteiger partial charge >= 0.3 is 0 Å². The van der Waals surface area contributed by atoms with Crippen molar-refractivity contribution < 1.29 is 0 Å². The maximum atomic E-state index is 9.37. The number of aryl methyl sites for hydroxylation is 1. The van der Waals surface area contributed by atoms with Gasteiger partial charge in [-0.25, -0.2) is 0 Å². The predicted octanol–water partition coefficient (Wildman–Crippen LogP) is 3.60. The third-order valence-electron chi connectivity index (χ3n) is 2.97. The molecule has 0 aliphatic heterocycles. The molecule has 1 N–H and O–H groups in total. The van der Waals surface area contributed by atoms with Crippen LogP contribution in [-0.4, -0.2) is 11.2 Å². The Morgan fingerprint density at radius 3 is 2.37 bits per heavy atom. The normalized spacial score (nSPS) is 9.89. The van der Waals surface area contributed by atoms with Gasteiger partial charge in [-0.3, -0.25) is 0 Å². The highest BCUT2D eigenvalue weighted by Crippen LogP contribution is 2.31. The van der Waals surface area contributed by atoms with Crippen molar-refractivity contribution in [1.29, 1.82) is 10.5 Å². The van der Waals surface area contributed by atoms with Crippen LogP contribution in [0.1, 0.15) is 22.5 Å². The quantitative estimate of drug-likeness (QED) is 0.924. The van der Waals surface area contributed by atoms with E-state index < -0.39 is 0 Å². The van der Waals surface area contributed by atoms with Gasteiger partial charge in [-0.1, -0.05) is 12.1 Å². The van der Waals surface area contributed by atoms with Crippen LogP contribution < -0.4 is 0 Å². The van der Waals surface area contributed by atoms with Gasteiger partial charge < -0.3 is 4.98 Å². The Bertz CT molecular complexity index is 669. The van der Waals surface area contributed by atoms with Crippen LogP contribution in [0.5, 0.6) is 0 Å². The number of benzene rings is 1. The number of aromatic amines is 1. The molecule has 0 bridgehead atoms. The molecule has 94 valence electrons. The van der Waals surface area contributed by atoms with E-state index in [9.17, 15) is 5.26 Å². The lowest BCUT2D eigenvalue weighted by Gasteiger charge is -2.02. The zero-order chi connectivity index (χ0) is 13.8. The Morgan fingerprint density at radius 2 is 1.84 bits per heavy atom. The van der Waals surface area contributed by atoms with E-state index in [1.807, 2.05) is 25.3 Å². The predicted molar refractivity (Wildman–Crippen MR) is 77.6 cm³/mol. The fraction of sp³-hybridized carbons (Fsp3) is 0.200. The third kappa shape index (κ3) is 2.50. The molecule has 0 atom stereocenters. The molecule has 0 saturated carbocycles. The van der Waals surface area contributed by atoms with E-state index in [1.54, 1.807) is 23.9 Å². The van der Waals surface area contributed by atoms with Crippen molar-refractivity contribution in [1.82, 2.24) is 4.98 Å². The average molecular weight is 267 g/mol. The highest BCUT2D eigenvalue weighted by Gasteiger charge is 2.15. The largest absolute Gasteiger partial charge is 0.360 e. The van der Waals surface area contributed by atoms with Crippen LogP contribution >= 0.6 is 11.8 Å². The van der Waals surface area contributed by atoms with E-state index >= 15 is 0 Å². The summed E-state index contributed by atoms with van der Waals surface area (Å²) in [4.78, 5) is 3.28. The van der Waals surface area contributed by atoms with Crippen molar-refractivity contribution in [3.05, 3.63) is 46.8 Å². The topological polar surface area (TPSA) is 63.4 Å². The van der Waals surface area contributed by atoms with Crippen molar-refractivity contribution in [2.24, 2.45) is 0 Å². The molecule has 0 fully saturated rings. The number of rotatable bonds is 3. The molecule has 1 heterocycles. The smallest absolute Gasteiger partial charge is 0.102 e. The molecule has 3 nitrogen and oxygen atoms in total. The molecule has 2 aromatic rings. The summed E-state index contributed by atoms with van der Waals surface area (Å²) in [6.45, 7) is 1.97. The van der Waals surface area contributed by atoms with Crippen LogP contribution in [0, 0.1) is 29.6 Å². The summed E-state index contributed by atoms with van der Waals surface area (Å²) in [6, 6.07) is 11.7. The molecule has 1 aromatic heterocycles. The summed E-state index contributed by atoms with van der Waals surface area (Å²) in [5.74, 6) is 0.792. The van der Waals surface area contributed by atoms with Gasteiger partial charge in [0.2, 0.25) is 0 Å². The van der Waals surface area contributed by atoms with Gasteiger partial charge in [-0.05, 0) is 30.9 Å². The standard InChI is InChI=1S/C15H13N3S/c1-10-15(12-5-3-11(7-16)4-6-12)13(8-17)14(18-10)9-19-2/h3-6,18H,9H2,1-2H3. The van der Waals surface area contributed by atoms with Gasteiger partial charge in [0.15, 0.2) is 0 Å². The minimum Gasteiger partial charge on any atom is -0.360 e. The minimum atomic E-state index is 0.625. The fourth-order valence-corrected chi connectivity index (χ4v) is 2.64. The van der Waals surface area contributed by atoms with E-state index in [-0.39, 0.29) is 0 Å². The first kappa shape index (κ1) is 13.3. The van der Waals surface area contributed by atoms with Gasteiger partial charge in [0.05, 0.1) is 17.2 Å². The van der Waals surface area contributed by atoms with Crippen molar-refractivity contribution in [2.45, 2.75) is 12.7 Å². The van der Waals surface area contributed by atoms with Crippen molar-refractivity contribution in [3.63, 3.8) is 0 Å². The summed E-state index contributed by atoms with van der Waals surface area (Å²) in [7, 11) is 0. The molecule has 0 spiro atoms. The molecule has 19 heavy (non-hydrogen) atoms. The molecule has 0 aliphatic carbocycles. The Kier molecular flexibility index (Phi) is 3.94. The summed E-state index contributed by atoms with van der Waals surface area (Å²) >= 11 is 1.68. The SMILES string of the molecule is CSCc1[nH]c(C)c(-c2ccc(C#N)cc2)c1C#N. The molecule has 1 aromatic carbocycles. The third-order valence-corrected chi connectivity index (χ3v) is 3.55. The molecule has 0 radical (unpaired) electrons. The minimum absolute atomic E-state index is 0.625. The zero-order valence-corrected chi connectivity index (χ0v) is 11.6. The Morgan fingerprint density at radius 1 is 1.16 bits per heavy atom. The lowest BCUT2D eigenvalue weighted by atomic mass is 10.0. The summed E-state index contributed by atoms with van der Waals surface area (Å²) in [5.41, 5.74) is 5.20. The molecule has 0 unspecified atom stereocenters. The van der Waals surface area contributed by atoms with Gasteiger partial charge in [-0.15, -0.1) is 0 Å². The maximum absolute atomic E-state index is 9.37. The van der Waals surface area contributed by atoms with Crippen LogP contribution in [0.3, 0.4) is 0 Å². The van der Waals surface area contributed by atoms with Crippen LogP contribution in [-0.2, 0) is 5.75 Å². The average Bonchev–Trinajstić information content (AvgIpc) is 2.75. The van der Waals surface area contributed by atoms with Crippen molar-refractivity contribution in [3.8, 4) is 23.3 Å². The van der Waals surface area contributed by atoms with Crippen LogP contribution in [0.25, 0.3) is 11.1 Å². The van der Waals surface area contributed by atoms with Crippen LogP contribution in [0.4, 0.5) is 0 Å². The fourth-order valence-electron chi connectivity index (χ4n) is 2.14. The number of nitrogens with zero attached hydrogens (tertiary/aromatic N) is 2.